The Labute approximate surface area is 117 Å². The molecule has 0 spiro atoms. The van der Waals surface area contributed by atoms with Gasteiger partial charge in [0.05, 0.1) is 5.92 Å². The number of nitrogens with zero attached hydrogens (tertiary/aromatic N) is 1. The summed E-state index contributed by atoms with van der Waals surface area (Å²) in [7, 11) is 0. The Hall–Kier alpha value is -0.570. The van der Waals surface area contributed by atoms with Crippen molar-refractivity contribution in [2.75, 3.05) is 6.54 Å². The van der Waals surface area contributed by atoms with Crippen LogP contribution in [0, 0.1) is 11.8 Å². The molecule has 1 N–H and O–H groups in total. The third kappa shape index (κ3) is 3.50. The molecule has 3 heteroatoms. The largest absolute Gasteiger partial charge is 0.481 e. The van der Waals surface area contributed by atoms with Gasteiger partial charge < -0.3 is 5.11 Å². The highest BCUT2D eigenvalue weighted by molar-refractivity contribution is 5.71. The Kier molecular flexibility index (Phi) is 5.26. The fourth-order valence-electron chi connectivity index (χ4n) is 4.05. The molecule has 1 heterocycles. The zero-order chi connectivity index (χ0) is 13.8. The van der Waals surface area contributed by atoms with Gasteiger partial charge in [-0.05, 0) is 51.5 Å². The zero-order valence-corrected chi connectivity index (χ0v) is 12.5. The molecule has 1 aliphatic carbocycles. The van der Waals surface area contributed by atoms with Gasteiger partial charge in [-0.3, -0.25) is 9.69 Å². The SMILES string of the molecule is CCC1CCC(C(=O)O)C(N2CCCCCC2C)C1. The number of rotatable bonds is 3. The molecule has 0 aromatic carbocycles. The van der Waals surface area contributed by atoms with Crippen molar-refractivity contribution in [3.63, 3.8) is 0 Å². The van der Waals surface area contributed by atoms with Crippen molar-refractivity contribution in [1.82, 2.24) is 4.90 Å². The van der Waals surface area contributed by atoms with Crippen LogP contribution in [0.3, 0.4) is 0 Å². The van der Waals surface area contributed by atoms with Gasteiger partial charge in [-0.1, -0.05) is 26.2 Å². The summed E-state index contributed by atoms with van der Waals surface area (Å²) in [6, 6.07) is 0.842. The minimum absolute atomic E-state index is 0.136. The third-order valence-corrected chi connectivity index (χ3v) is 5.35. The number of carbonyl (C=O) groups is 1. The second-order valence-corrected chi connectivity index (χ2v) is 6.54. The maximum Gasteiger partial charge on any atom is 0.308 e. The first kappa shape index (κ1) is 14.8. The predicted molar refractivity (Wildman–Crippen MR) is 77.2 cm³/mol. The molecule has 0 aromatic rings. The Balaban J connectivity index is 2.12. The first-order valence-corrected chi connectivity index (χ1v) is 8.12. The molecule has 3 nitrogen and oxygen atoms in total. The molecule has 0 bridgehead atoms. The average Bonchev–Trinajstić information content (AvgIpc) is 2.62. The van der Waals surface area contributed by atoms with Gasteiger partial charge in [0.15, 0.2) is 0 Å². The van der Waals surface area contributed by atoms with Crippen LogP contribution in [0.1, 0.15) is 65.2 Å². The minimum atomic E-state index is -0.573. The summed E-state index contributed by atoms with van der Waals surface area (Å²) < 4.78 is 0. The molecule has 4 unspecified atom stereocenters. The number of carboxylic acid groups (broad SMARTS) is 1. The van der Waals surface area contributed by atoms with Crippen molar-refractivity contribution >= 4 is 5.97 Å². The standard InChI is InChI=1S/C16H29NO2/c1-3-13-8-9-14(16(18)19)15(11-13)17-10-6-4-5-7-12(17)2/h12-15H,3-11H2,1-2H3,(H,18,19). The van der Waals surface area contributed by atoms with E-state index in [-0.39, 0.29) is 12.0 Å². The number of aliphatic carboxylic acids is 1. The van der Waals surface area contributed by atoms with Gasteiger partial charge in [-0.25, -0.2) is 0 Å². The number of hydrogen-bond acceptors (Lipinski definition) is 2. The van der Waals surface area contributed by atoms with Crippen molar-refractivity contribution in [1.29, 1.82) is 0 Å². The van der Waals surface area contributed by atoms with Crippen molar-refractivity contribution in [2.24, 2.45) is 11.8 Å². The number of hydrogen-bond donors (Lipinski definition) is 1. The molecular formula is C16H29NO2. The molecule has 2 rings (SSSR count). The van der Waals surface area contributed by atoms with Gasteiger partial charge in [0.2, 0.25) is 0 Å². The second kappa shape index (κ2) is 6.74. The van der Waals surface area contributed by atoms with Crippen molar-refractivity contribution in [2.45, 2.75) is 77.3 Å². The zero-order valence-electron chi connectivity index (χ0n) is 12.5. The van der Waals surface area contributed by atoms with E-state index in [1.165, 1.54) is 32.1 Å². The summed E-state index contributed by atoms with van der Waals surface area (Å²) >= 11 is 0. The fourth-order valence-corrected chi connectivity index (χ4v) is 4.05. The lowest BCUT2D eigenvalue weighted by atomic mass is 9.76. The monoisotopic (exact) mass is 267 g/mol. The molecule has 2 fully saturated rings. The van der Waals surface area contributed by atoms with E-state index in [0.29, 0.717) is 6.04 Å². The Morgan fingerprint density at radius 1 is 1.21 bits per heavy atom. The van der Waals surface area contributed by atoms with Crippen LogP contribution in [-0.2, 0) is 4.79 Å². The van der Waals surface area contributed by atoms with E-state index in [2.05, 4.69) is 18.7 Å². The van der Waals surface area contributed by atoms with Crippen molar-refractivity contribution < 1.29 is 9.90 Å². The maximum absolute atomic E-state index is 11.6. The van der Waals surface area contributed by atoms with Crippen LogP contribution in [0.5, 0.6) is 0 Å². The van der Waals surface area contributed by atoms with E-state index < -0.39 is 5.97 Å². The van der Waals surface area contributed by atoms with E-state index in [4.69, 9.17) is 0 Å². The molecular weight excluding hydrogens is 238 g/mol. The molecule has 4 atom stereocenters. The summed E-state index contributed by atoms with van der Waals surface area (Å²) in [4.78, 5) is 14.1. The quantitative estimate of drug-likeness (QED) is 0.850. The third-order valence-electron chi connectivity index (χ3n) is 5.35. The number of carboxylic acids is 1. The van der Waals surface area contributed by atoms with E-state index >= 15 is 0 Å². The van der Waals surface area contributed by atoms with Crippen LogP contribution in [0.4, 0.5) is 0 Å². The highest BCUT2D eigenvalue weighted by Gasteiger charge is 2.39. The Bertz CT molecular complexity index is 305. The van der Waals surface area contributed by atoms with E-state index in [9.17, 15) is 9.90 Å². The average molecular weight is 267 g/mol. The van der Waals surface area contributed by atoms with E-state index in [1.54, 1.807) is 0 Å². The summed E-state index contributed by atoms with van der Waals surface area (Å²) in [6.45, 7) is 5.64. The molecule has 2 aliphatic rings. The summed E-state index contributed by atoms with van der Waals surface area (Å²) in [5.41, 5.74) is 0. The first-order valence-electron chi connectivity index (χ1n) is 8.12. The molecule has 0 amide bonds. The van der Waals surface area contributed by atoms with Crippen LogP contribution >= 0.6 is 0 Å². The van der Waals surface area contributed by atoms with Crippen LogP contribution in [-0.4, -0.2) is 34.6 Å². The van der Waals surface area contributed by atoms with E-state index in [0.717, 1.165) is 31.7 Å². The van der Waals surface area contributed by atoms with Crippen molar-refractivity contribution in [3.05, 3.63) is 0 Å². The van der Waals surface area contributed by atoms with Crippen LogP contribution in [0.25, 0.3) is 0 Å². The van der Waals surface area contributed by atoms with Gasteiger partial charge in [0.25, 0.3) is 0 Å². The topological polar surface area (TPSA) is 40.5 Å². The predicted octanol–water partition coefficient (Wildman–Crippen LogP) is 3.53. The fraction of sp³-hybridized carbons (Fsp3) is 0.938. The van der Waals surface area contributed by atoms with Gasteiger partial charge in [0, 0.05) is 12.1 Å². The molecule has 1 saturated heterocycles. The van der Waals surface area contributed by atoms with Gasteiger partial charge in [0.1, 0.15) is 0 Å². The molecule has 1 saturated carbocycles. The first-order chi connectivity index (χ1) is 9.13. The molecule has 19 heavy (non-hydrogen) atoms. The molecule has 1 aliphatic heterocycles. The van der Waals surface area contributed by atoms with Crippen LogP contribution in [0.15, 0.2) is 0 Å². The summed E-state index contributed by atoms with van der Waals surface area (Å²) in [6.07, 6.45) is 9.36. The summed E-state index contributed by atoms with van der Waals surface area (Å²) in [5, 5.41) is 9.53. The normalized spacial score (nSPS) is 37.8. The van der Waals surface area contributed by atoms with E-state index in [1.807, 2.05) is 0 Å². The van der Waals surface area contributed by atoms with Crippen LogP contribution < -0.4 is 0 Å². The minimum Gasteiger partial charge on any atom is -0.481 e. The van der Waals surface area contributed by atoms with Crippen LogP contribution in [0.2, 0.25) is 0 Å². The Morgan fingerprint density at radius 2 is 2.00 bits per heavy atom. The lowest BCUT2D eigenvalue weighted by molar-refractivity contribution is -0.146. The molecule has 110 valence electrons. The lowest BCUT2D eigenvalue weighted by Gasteiger charge is -2.43. The lowest BCUT2D eigenvalue weighted by Crippen LogP contribution is -2.50. The highest BCUT2D eigenvalue weighted by atomic mass is 16.4. The Morgan fingerprint density at radius 3 is 2.68 bits per heavy atom. The van der Waals surface area contributed by atoms with Crippen molar-refractivity contribution in [3.8, 4) is 0 Å². The van der Waals surface area contributed by atoms with Gasteiger partial charge >= 0.3 is 5.97 Å². The highest BCUT2D eigenvalue weighted by Crippen LogP contribution is 2.36. The number of likely N-dealkylation sites (tertiary alicyclic amines) is 1. The second-order valence-electron chi connectivity index (χ2n) is 6.54. The van der Waals surface area contributed by atoms with Gasteiger partial charge in [-0.2, -0.15) is 0 Å². The maximum atomic E-state index is 11.6. The molecule has 0 aromatic heterocycles. The van der Waals surface area contributed by atoms with Gasteiger partial charge in [-0.15, -0.1) is 0 Å². The molecule has 0 radical (unpaired) electrons. The smallest absolute Gasteiger partial charge is 0.308 e. The summed E-state index contributed by atoms with van der Waals surface area (Å²) in [5.74, 6) is 0.0235.